The zero-order valence-electron chi connectivity index (χ0n) is 19.1. The molecule has 4 rings (SSSR count). The summed E-state index contributed by atoms with van der Waals surface area (Å²) in [4.78, 5) is 11.1. The van der Waals surface area contributed by atoms with E-state index in [1.165, 1.54) is 6.08 Å². The minimum absolute atomic E-state index is 0.475. The van der Waals surface area contributed by atoms with Gasteiger partial charge in [-0.2, -0.15) is 0 Å². The summed E-state index contributed by atoms with van der Waals surface area (Å²) < 4.78 is 18.6. The van der Waals surface area contributed by atoms with Crippen LogP contribution in [-0.4, -0.2) is 31.8 Å². The minimum atomic E-state index is -0.475. The van der Waals surface area contributed by atoms with Crippen LogP contribution in [0, 0.1) is 0 Å². The molecular weight excluding hydrogens is 416 g/mol. The molecule has 2 N–H and O–H groups in total. The van der Waals surface area contributed by atoms with Crippen LogP contribution in [0.15, 0.2) is 61.2 Å². The normalized spacial score (nSPS) is 11.3. The van der Waals surface area contributed by atoms with Gasteiger partial charge in [0.15, 0.2) is 11.5 Å². The number of aromatic nitrogens is 1. The molecule has 0 fully saturated rings. The van der Waals surface area contributed by atoms with Crippen molar-refractivity contribution in [2.75, 3.05) is 21.3 Å². The fraction of sp³-hybridized carbons (Fsp3) is 0.148. The van der Waals surface area contributed by atoms with Crippen LogP contribution < -0.4 is 19.9 Å². The summed E-state index contributed by atoms with van der Waals surface area (Å²) in [5.74, 6) is 1.21. The van der Waals surface area contributed by atoms with Gasteiger partial charge < -0.3 is 24.5 Å². The molecule has 0 aliphatic heterocycles. The molecule has 4 aromatic rings. The van der Waals surface area contributed by atoms with Gasteiger partial charge in [-0.25, -0.2) is 0 Å². The number of nitrogens with zero attached hydrogens (tertiary/aromatic N) is 1. The Bertz CT molecular complexity index is 1400. The van der Waals surface area contributed by atoms with Crippen molar-refractivity contribution < 1.29 is 19.0 Å². The molecule has 3 aromatic carbocycles. The average molecular weight is 443 g/mol. The van der Waals surface area contributed by atoms with Gasteiger partial charge in [0.2, 0.25) is 11.7 Å². The van der Waals surface area contributed by atoms with Crippen LogP contribution >= 0.6 is 0 Å². The van der Waals surface area contributed by atoms with Crippen LogP contribution in [-0.2, 0) is 11.8 Å². The number of methoxy groups -OCH3 is 3. The monoisotopic (exact) mass is 442 g/mol. The molecule has 0 aliphatic rings. The van der Waals surface area contributed by atoms with Gasteiger partial charge in [-0.1, -0.05) is 18.7 Å². The van der Waals surface area contributed by atoms with E-state index in [1.807, 2.05) is 31.3 Å². The van der Waals surface area contributed by atoms with E-state index < -0.39 is 5.91 Å². The third kappa shape index (κ3) is 3.91. The zero-order chi connectivity index (χ0) is 23.7. The lowest BCUT2D eigenvalue weighted by Crippen LogP contribution is -2.05. The summed E-state index contributed by atoms with van der Waals surface area (Å²) in [5, 5.41) is 2.17. The summed E-state index contributed by atoms with van der Waals surface area (Å²) in [6, 6.07) is 16.1. The Morgan fingerprint density at radius 3 is 2.06 bits per heavy atom. The first-order valence-electron chi connectivity index (χ1n) is 10.4. The molecule has 0 unspecified atom stereocenters. The van der Waals surface area contributed by atoms with E-state index in [0.29, 0.717) is 17.2 Å². The highest BCUT2D eigenvalue weighted by molar-refractivity contribution is 6.10. The summed E-state index contributed by atoms with van der Waals surface area (Å²) in [6.45, 7) is 4.34. The third-order valence-corrected chi connectivity index (χ3v) is 5.83. The van der Waals surface area contributed by atoms with Crippen LogP contribution in [0.2, 0.25) is 0 Å². The molecule has 0 aliphatic carbocycles. The lowest BCUT2D eigenvalue weighted by atomic mass is 9.97. The Labute approximate surface area is 192 Å². The molecule has 0 saturated carbocycles. The Hall–Kier alpha value is -4.19. The maximum Gasteiger partial charge on any atom is 0.241 e. The van der Waals surface area contributed by atoms with Crippen molar-refractivity contribution in [2.24, 2.45) is 12.8 Å². The Balaban J connectivity index is 1.85. The van der Waals surface area contributed by atoms with E-state index in [9.17, 15) is 4.79 Å². The number of benzene rings is 3. The summed E-state index contributed by atoms with van der Waals surface area (Å²) >= 11 is 0. The van der Waals surface area contributed by atoms with Crippen LogP contribution in [0.4, 0.5) is 0 Å². The minimum Gasteiger partial charge on any atom is -0.493 e. The van der Waals surface area contributed by atoms with Gasteiger partial charge >= 0.3 is 0 Å². The van der Waals surface area contributed by atoms with Gasteiger partial charge in [0.1, 0.15) is 0 Å². The van der Waals surface area contributed by atoms with E-state index in [4.69, 9.17) is 19.9 Å². The predicted molar refractivity (Wildman–Crippen MR) is 133 cm³/mol. The maximum atomic E-state index is 11.1. The van der Waals surface area contributed by atoms with E-state index in [2.05, 4.69) is 35.4 Å². The molecule has 1 amide bonds. The van der Waals surface area contributed by atoms with Crippen molar-refractivity contribution in [3.63, 3.8) is 0 Å². The van der Waals surface area contributed by atoms with Crippen LogP contribution in [0.5, 0.6) is 17.2 Å². The van der Waals surface area contributed by atoms with Gasteiger partial charge in [-0.3, -0.25) is 4.79 Å². The number of hydrogen-bond donors (Lipinski definition) is 1. The predicted octanol–water partition coefficient (Wildman–Crippen LogP) is 4.92. The first-order valence-corrected chi connectivity index (χ1v) is 10.4. The molecule has 6 nitrogen and oxygen atoms in total. The molecule has 168 valence electrons. The second kappa shape index (κ2) is 8.74. The first kappa shape index (κ1) is 22.0. The average Bonchev–Trinajstić information content (AvgIpc) is 3.11. The molecule has 0 atom stereocenters. The Kier molecular flexibility index (Phi) is 5.84. The number of carbonyl (C=O) groups excluding carboxylic acids is 1. The molecule has 0 spiro atoms. The van der Waals surface area contributed by atoms with E-state index in [1.54, 1.807) is 27.4 Å². The van der Waals surface area contributed by atoms with Crippen molar-refractivity contribution in [1.82, 2.24) is 4.57 Å². The molecule has 1 heterocycles. The zero-order valence-corrected chi connectivity index (χ0v) is 19.1. The van der Waals surface area contributed by atoms with Crippen molar-refractivity contribution in [3.8, 4) is 17.2 Å². The number of aryl methyl sites for hydroxylation is 1. The van der Waals surface area contributed by atoms with Crippen molar-refractivity contribution >= 4 is 39.4 Å². The quantitative estimate of drug-likeness (QED) is 0.412. The number of carbonyl (C=O) groups is 1. The lowest BCUT2D eigenvalue weighted by Gasteiger charge is -2.15. The highest BCUT2D eigenvalue weighted by Crippen LogP contribution is 2.41. The molecule has 1 aromatic heterocycles. The lowest BCUT2D eigenvalue weighted by molar-refractivity contribution is -0.113. The fourth-order valence-corrected chi connectivity index (χ4v) is 4.13. The van der Waals surface area contributed by atoms with Crippen LogP contribution in [0.1, 0.15) is 16.7 Å². The first-order chi connectivity index (χ1) is 15.9. The number of hydrogen-bond acceptors (Lipinski definition) is 4. The van der Waals surface area contributed by atoms with Gasteiger partial charge in [-0.15, -0.1) is 0 Å². The standard InChI is InChI=1S/C27H26N2O4/c1-16(19-14-24(31-3)27(33-5)25(15-19)32-4)18-8-10-23-21(13-18)20-12-17(7-11-26(28)30)6-9-22(20)29(23)2/h6-15H,1H2,2-5H3,(H2,28,30)/b11-7+. The molecule has 0 saturated heterocycles. The maximum absolute atomic E-state index is 11.1. The third-order valence-electron chi connectivity index (χ3n) is 5.83. The highest BCUT2D eigenvalue weighted by Gasteiger charge is 2.16. The van der Waals surface area contributed by atoms with E-state index in [0.717, 1.165) is 44.1 Å². The van der Waals surface area contributed by atoms with Gasteiger partial charge in [-0.05, 0) is 64.7 Å². The van der Waals surface area contributed by atoms with Crippen LogP contribution in [0.25, 0.3) is 33.5 Å². The molecule has 0 bridgehead atoms. The van der Waals surface area contributed by atoms with Gasteiger partial charge in [0, 0.05) is 34.9 Å². The number of fused-ring (bicyclic) bond motifs is 3. The molecular formula is C27H26N2O4. The SMILES string of the molecule is C=C(c1cc(OC)c(OC)c(OC)c1)c1ccc2c(c1)c1cc(/C=C/C(N)=O)ccc1n2C. The molecule has 0 radical (unpaired) electrons. The summed E-state index contributed by atoms with van der Waals surface area (Å²) in [6.07, 6.45) is 3.09. The van der Waals surface area contributed by atoms with Crippen molar-refractivity contribution in [2.45, 2.75) is 0 Å². The fourth-order valence-electron chi connectivity index (χ4n) is 4.13. The highest BCUT2D eigenvalue weighted by atomic mass is 16.5. The smallest absolute Gasteiger partial charge is 0.241 e. The number of rotatable bonds is 7. The molecule has 33 heavy (non-hydrogen) atoms. The second-order valence-electron chi connectivity index (χ2n) is 7.70. The topological polar surface area (TPSA) is 75.7 Å². The summed E-state index contributed by atoms with van der Waals surface area (Å²) in [5.41, 5.74) is 11.0. The van der Waals surface area contributed by atoms with Gasteiger partial charge in [0.25, 0.3) is 0 Å². The second-order valence-corrected chi connectivity index (χ2v) is 7.70. The Morgan fingerprint density at radius 2 is 1.48 bits per heavy atom. The number of amides is 1. The van der Waals surface area contributed by atoms with E-state index in [-0.39, 0.29) is 0 Å². The van der Waals surface area contributed by atoms with Gasteiger partial charge in [0.05, 0.1) is 21.3 Å². The number of nitrogens with two attached hydrogens (primary N) is 1. The summed E-state index contributed by atoms with van der Waals surface area (Å²) in [7, 11) is 6.81. The largest absolute Gasteiger partial charge is 0.493 e. The van der Waals surface area contributed by atoms with E-state index >= 15 is 0 Å². The van der Waals surface area contributed by atoms with Crippen LogP contribution in [0.3, 0.4) is 0 Å². The Morgan fingerprint density at radius 1 is 0.879 bits per heavy atom. The number of ether oxygens (including phenoxy) is 3. The van der Waals surface area contributed by atoms with Crippen molar-refractivity contribution in [1.29, 1.82) is 0 Å². The number of primary amides is 1. The van der Waals surface area contributed by atoms with Crippen molar-refractivity contribution in [3.05, 3.63) is 77.9 Å². The molecule has 6 heteroatoms.